The van der Waals surface area contributed by atoms with Crippen LogP contribution in [-0.2, 0) is 0 Å². The van der Waals surface area contributed by atoms with Crippen LogP contribution in [0.1, 0.15) is 19.8 Å². The summed E-state index contributed by atoms with van der Waals surface area (Å²) in [7, 11) is 0. The minimum atomic E-state index is 0.694. The van der Waals surface area contributed by atoms with Crippen LogP contribution in [0.5, 0.6) is 0 Å². The molecule has 1 heteroatoms. The van der Waals surface area contributed by atoms with Crippen LogP contribution in [0, 0.1) is 5.41 Å². The first-order chi connectivity index (χ1) is 3.31. The maximum Gasteiger partial charge on any atom is 0.0306 e. The monoisotopic (exact) mass is 96.1 g/mol. The van der Waals surface area contributed by atoms with Crippen LogP contribution in [0.2, 0.25) is 0 Å². The van der Waals surface area contributed by atoms with Gasteiger partial charge < -0.3 is 0 Å². The van der Waals surface area contributed by atoms with Gasteiger partial charge in [-0.2, -0.15) is 0 Å². The summed E-state index contributed by atoms with van der Waals surface area (Å²) in [6, 6.07) is 0.785. The summed E-state index contributed by atoms with van der Waals surface area (Å²) in [5.41, 5.74) is 0.694. The molecule has 7 heavy (non-hydrogen) atoms. The maximum absolute atomic E-state index is 4.38. The van der Waals surface area contributed by atoms with E-state index in [0.717, 1.165) is 12.6 Å². The molecule has 1 aliphatic carbocycles. The first-order valence-electron chi connectivity index (χ1n) is 2.98. The molecule has 0 aromatic rings. The fraction of sp³-hybridized carbons (Fsp3) is 1.00. The third-order valence-electron chi connectivity index (χ3n) is 2.34. The molecule has 0 aromatic heterocycles. The van der Waals surface area contributed by atoms with E-state index in [1.165, 1.54) is 12.8 Å². The molecular formula is C6H10N. The second-order valence-electron chi connectivity index (χ2n) is 3.03. The van der Waals surface area contributed by atoms with E-state index in [-0.39, 0.29) is 0 Å². The van der Waals surface area contributed by atoms with Crippen LogP contribution in [0.25, 0.3) is 0 Å². The summed E-state index contributed by atoms with van der Waals surface area (Å²) in [5, 5.41) is 4.38. The molecule has 2 unspecified atom stereocenters. The van der Waals surface area contributed by atoms with Gasteiger partial charge in [-0.3, -0.25) is 0 Å². The average molecular weight is 96.2 g/mol. The van der Waals surface area contributed by atoms with Crippen molar-refractivity contribution >= 4 is 0 Å². The number of hydrogen-bond acceptors (Lipinski definition) is 0. The molecule has 1 saturated heterocycles. The molecule has 0 spiro atoms. The SMILES string of the molecule is CC12CC[N]C1C2. The Morgan fingerprint density at radius 1 is 1.71 bits per heavy atom. The zero-order chi connectivity index (χ0) is 4.91. The summed E-state index contributed by atoms with van der Waals surface area (Å²) in [6.07, 6.45) is 2.74. The molecule has 2 atom stereocenters. The second kappa shape index (κ2) is 0.873. The third kappa shape index (κ3) is 0.367. The Morgan fingerprint density at radius 2 is 2.57 bits per heavy atom. The highest BCUT2D eigenvalue weighted by atomic mass is 15.0. The first kappa shape index (κ1) is 3.90. The fourth-order valence-corrected chi connectivity index (χ4v) is 1.41. The van der Waals surface area contributed by atoms with Crippen LogP contribution in [-0.4, -0.2) is 12.6 Å². The van der Waals surface area contributed by atoms with E-state index in [9.17, 15) is 0 Å². The topological polar surface area (TPSA) is 14.1 Å². The van der Waals surface area contributed by atoms with Gasteiger partial charge in [0.15, 0.2) is 0 Å². The predicted molar refractivity (Wildman–Crippen MR) is 28.1 cm³/mol. The smallest absolute Gasteiger partial charge is 0.0306 e. The Balaban J connectivity index is 2.17. The number of fused-ring (bicyclic) bond motifs is 1. The van der Waals surface area contributed by atoms with Gasteiger partial charge in [0, 0.05) is 12.6 Å². The summed E-state index contributed by atoms with van der Waals surface area (Å²) in [6.45, 7) is 3.48. The quantitative estimate of drug-likeness (QED) is 0.423. The van der Waals surface area contributed by atoms with Gasteiger partial charge in [0.1, 0.15) is 0 Å². The lowest BCUT2D eigenvalue weighted by atomic mass is 10.1. The van der Waals surface area contributed by atoms with Crippen LogP contribution in [0.4, 0.5) is 0 Å². The molecule has 0 N–H and O–H groups in total. The standard InChI is InChI=1S/C6H10N/c1-6-2-3-7-5(6)4-6/h5H,2-4H2,1H3. The highest BCUT2D eigenvalue weighted by molar-refractivity contribution is 5.08. The summed E-state index contributed by atoms with van der Waals surface area (Å²) < 4.78 is 0. The minimum Gasteiger partial charge on any atom is -0.238 e. The number of rotatable bonds is 0. The van der Waals surface area contributed by atoms with Crippen LogP contribution in [0.15, 0.2) is 0 Å². The molecule has 1 nitrogen and oxygen atoms in total. The number of nitrogens with zero attached hydrogens (tertiary/aromatic N) is 1. The van der Waals surface area contributed by atoms with Crippen LogP contribution >= 0.6 is 0 Å². The van der Waals surface area contributed by atoms with Gasteiger partial charge in [-0.05, 0) is 18.3 Å². The highest BCUT2D eigenvalue weighted by Crippen LogP contribution is 2.52. The lowest BCUT2D eigenvalue weighted by Gasteiger charge is -1.94. The Hall–Kier alpha value is -0.0400. The van der Waals surface area contributed by atoms with Crippen molar-refractivity contribution in [2.45, 2.75) is 25.8 Å². The zero-order valence-corrected chi connectivity index (χ0v) is 4.65. The van der Waals surface area contributed by atoms with E-state index in [0.29, 0.717) is 5.41 Å². The van der Waals surface area contributed by atoms with Crippen molar-refractivity contribution in [1.29, 1.82) is 0 Å². The Labute approximate surface area is 44.1 Å². The maximum atomic E-state index is 4.38. The largest absolute Gasteiger partial charge is 0.238 e. The molecule has 39 valence electrons. The van der Waals surface area contributed by atoms with Crippen molar-refractivity contribution in [3.05, 3.63) is 0 Å². The zero-order valence-electron chi connectivity index (χ0n) is 4.65. The third-order valence-corrected chi connectivity index (χ3v) is 2.34. The van der Waals surface area contributed by atoms with E-state index in [1.54, 1.807) is 0 Å². The molecule has 2 rings (SSSR count). The van der Waals surface area contributed by atoms with E-state index in [2.05, 4.69) is 12.2 Å². The van der Waals surface area contributed by atoms with Gasteiger partial charge in [-0.25, -0.2) is 5.32 Å². The summed E-state index contributed by atoms with van der Waals surface area (Å²) in [4.78, 5) is 0. The lowest BCUT2D eigenvalue weighted by molar-refractivity contribution is 0.575. The molecule has 0 bridgehead atoms. The van der Waals surface area contributed by atoms with Crippen molar-refractivity contribution in [2.24, 2.45) is 5.41 Å². The van der Waals surface area contributed by atoms with Gasteiger partial charge >= 0.3 is 0 Å². The van der Waals surface area contributed by atoms with E-state index >= 15 is 0 Å². The summed E-state index contributed by atoms with van der Waals surface area (Å²) in [5.74, 6) is 0. The van der Waals surface area contributed by atoms with E-state index in [4.69, 9.17) is 0 Å². The predicted octanol–water partition coefficient (Wildman–Crippen LogP) is 0.773. The van der Waals surface area contributed by atoms with Gasteiger partial charge in [0.05, 0.1) is 0 Å². The molecule has 1 radical (unpaired) electrons. The van der Waals surface area contributed by atoms with Crippen LogP contribution < -0.4 is 5.32 Å². The Kier molecular flexibility index (Phi) is 0.487. The molecule has 2 fully saturated rings. The van der Waals surface area contributed by atoms with E-state index in [1.807, 2.05) is 0 Å². The van der Waals surface area contributed by atoms with Gasteiger partial charge in [0.2, 0.25) is 0 Å². The van der Waals surface area contributed by atoms with Gasteiger partial charge in [-0.15, -0.1) is 0 Å². The lowest BCUT2D eigenvalue weighted by Crippen LogP contribution is -2.00. The van der Waals surface area contributed by atoms with Gasteiger partial charge in [-0.1, -0.05) is 6.92 Å². The Bertz CT molecular complexity index is 98.4. The van der Waals surface area contributed by atoms with E-state index < -0.39 is 0 Å². The molecule has 0 aromatic carbocycles. The van der Waals surface area contributed by atoms with Crippen molar-refractivity contribution in [3.8, 4) is 0 Å². The van der Waals surface area contributed by atoms with Crippen molar-refractivity contribution in [1.82, 2.24) is 5.32 Å². The molecule has 1 aliphatic heterocycles. The molecule has 2 aliphatic rings. The van der Waals surface area contributed by atoms with Crippen molar-refractivity contribution in [2.75, 3.05) is 6.54 Å². The molecule has 1 heterocycles. The van der Waals surface area contributed by atoms with Gasteiger partial charge in [0.25, 0.3) is 0 Å². The van der Waals surface area contributed by atoms with Crippen molar-refractivity contribution < 1.29 is 0 Å². The highest BCUT2D eigenvalue weighted by Gasteiger charge is 2.53. The van der Waals surface area contributed by atoms with Crippen LogP contribution in [0.3, 0.4) is 0 Å². The van der Waals surface area contributed by atoms with Crippen molar-refractivity contribution in [3.63, 3.8) is 0 Å². The second-order valence-corrected chi connectivity index (χ2v) is 3.03. The molecular weight excluding hydrogens is 86.1 g/mol. The normalized spacial score (nSPS) is 57.0. The number of piperidine rings is 1. The fourth-order valence-electron chi connectivity index (χ4n) is 1.41. The molecule has 1 saturated carbocycles. The first-order valence-corrected chi connectivity index (χ1v) is 2.98. The molecule has 0 amide bonds. The minimum absolute atomic E-state index is 0.694. The summed E-state index contributed by atoms with van der Waals surface area (Å²) >= 11 is 0. The Morgan fingerprint density at radius 3 is 2.71 bits per heavy atom. The average Bonchev–Trinajstić information content (AvgIpc) is 2.09. The number of hydrogen-bond donors (Lipinski definition) is 0.